The Morgan fingerprint density at radius 1 is 1.12 bits per heavy atom. The first kappa shape index (κ1) is 13.0. The van der Waals surface area contributed by atoms with E-state index in [0.29, 0.717) is 17.5 Å². The number of allylic oxidation sites excluding steroid dienone is 1. The molecule has 0 bridgehead atoms. The highest BCUT2D eigenvalue weighted by atomic mass is 16.4. The zero-order valence-corrected chi connectivity index (χ0v) is 9.35. The Bertz CT molecular complexity index is 449. The summed E-state index contributed by atoms with van der Waals surface area (Å²) in [7, 11) is 0. The first-order valence-corrected chi connectivity index (χ1v) is 5.18. The molecule has 90 valence electrons. The molecule has 0 radical (unpaired) electrons. The highest BCUT2D eigenvalue weighted by Gasteiger charge is 2.10. The van der Waals surface area contributed by atoms with Gasteiger partial charge in [-0.1, -0.05) is 24.3 Å². The van der Waals surface area contributed by atoms with E-state index in [4.69, 9.17) is 10.2 Å². The summed E-state index contributed by atoms with van der Waals surface area (Å²) in [6.45, 7) is 3.61. The van der Waals surface area contributed by atoms with E-state index in [9.17, 15) is 9.59 Å². The van der Waals surface area contributed by atoms with Crippen molar-refractivity contribution in [2.45, 2.75) is 19.3 Å². The minimum Gasteiger partial charge on any atom is -0.481 e. The number of rotatable bonds is 6. The summed E-state index contributed by atoms with van der Waals surface area (Å²) in [5.74, 6) is -1.93. The first-order chi connectivity index (χ1) is 8.02. The van der Waals surface area contributed by atoms with Gasteiger partial charge in [0.15, 0.2) is 0 Å². The molecule has 1 aromatic carbocycles. The minimum absolute atomic E-state index is 0.156. The van der Waals surface area contributed by atoms with Crippen molar-refractivity contribution in [2.75, 3.05) is 0 Å². The van der Waals surface area contributed by atoms with Gasteiger partial charge in [0.25, 0.3) is 0 Å². The fourth-order valence-corrected chi connectivity index (χ4v) is 1.64. The molecule has 0 aromatic heterocycles. The number of aliphatic carboxylic acids is 2. The molecule has 0 aliphatic rings. The number of carboxylic acids is 2. The normalized spacial score (nSPS) is 9.88. The van der Waals surface area contributed by atoms with Gasteiger partial charge in [0.1, 0.15) is 0 Å². The Kier molecular flexibility index (Phi) is 4.46. The molecule has 0 spiro atoms. The fraction of sp³-hybridized carbons (Fsp3) is 0.231. The third kappa shape index (κ3) is 4.10. The fourth-order valence-electron chi connectivity index (χ4n) is 1.64. The van der Waals surface area contributed by atoms with Gasteiger partial charge in [-0.15, -0.1) is 6.58 Å². The molecule has 0 saturated carbocycles. The Balaban J connectivity index is 3.06. The summed E-state index contributed by atoms with van der Waals surface area (Å²) < 4.78 is 0. The average Bonchev–Trinajstić information content (AvgIpc) is 2.21. The van der Waals surface area contributed by atoms with Gasteiger partial charge >= 0.3 is 11.9 Å². The molecule has 0 aliphatic carbocycles. The van der Waals surface area contributed by atoms with Crippen molar-refractivity contribution in [1.82, 2.24) is 0 Å². The van der Waals surface area contributed by atoms with Gasteiger partial charge in [-0.2, -0.15) is 0 Å². The molecular formula is C13H14O4. The van der Waals surface area contributed by atoms with Crippen LogP contribution >= 0.6 is 0 Å². The van der Waals surface area contributed by atoms with Crippen LogP contribution in [0.15, 0.2) is 30.9 Å². The van der Waals surface area contributed by atoms with Crippen molar-refractivity contribution >= 4 is 11.9 Å². The SMILES string of the molecule is C=CCc1ccc(CC(=O)O)c(CC(=O)O)c1. The van der Waals surface area contributed by atoms with Gasteiger partial charge in [-0.25, -0.2) is 0 Å². The average molecular weight is 234 g/mol. The second kappa shape index (κ2) is 5.84. The Morgan fingerprint density at radius 2 is 1.71 bits per heavy atom. The van der Waals surface area contributed by atoms with E-state index in [2.05, 4.69) is 6.58 Å². The summed E-state index contributed by atoms with van der Waals surface area (Å²) in [6, 6.07) is 5.20. The second-order valence-electron chi connectivity index (χ2n) is 3.74. The highest BCUT2D eigenvalue weighted by Crippen LogP contribution is 2.15. The minimum atomic E-state index is -0.965. The maximum atomic E-state index is 10.7. The molecule has 1 aromatic rings. The molecule has 0 unspecified atom stereocenters. The number of hydrogen-bond donors (Lipinski definition) is 2. The highest BCUT2D eigenvalue weighted by molar-refractivity contribution is 5.74. The van der Waals surface area contributed by atoms with Crippen molar-refractivity contribution in [3.63, 3.8) is 0 Å². The van der Waals surface area contributed by atoms with Gasteiger partial charge in [0, 0.05) is 0 Å². The van der Waals surface area contributed by atoms with E-state index in [1.165, 1.54) is 0 Å². The third-order valence-electron chi connectivity index (χ3n) is 2.33. The van der Waals surface area contributed by atoms with E-state index < -0.39 is 11.9 Å². The van der Waals surface area contributed by atoms with E-state index in [-0.39, 0.29) is 12.8 Å². The number of hydrogen-bond acceptors (Lipinski definition) is 2. The maximum absolute atomic E-state index is 10.7. The lowest BCUT2D eigenvalue weighted by Gasteiger charge is -2.08. The molecule has 0 atom stereocenters. The van der Waals surface area contributed by atoms with Gasteiger partial charge in [0.05, 0.1) is 12.8 Å². The maximum Gasteiger partial charge on any atom is 0.307 e. The largest absolute Gasteiger partial charge is 0.481 e. The van der Waals surface area contributed by atoms with Gasteiger partial charge in [-0.05, 0) is 23.1 Å². The third-order valence-corrected chi connectivity index (χ3v) is 2.33. The van der Waals surface area contributed by atoms with Crippen LogP contribution < -0.4 is 0 Å². The summed E-state index contributed by atoms with van der Waals surface area (Å²) in [5.41, 5.74) is 2.04. The zero-order chi connectivity index (χ0) is 12.8. The zero-order valence-electron chi connectivity index (χ0n) is 9.35. The summed E-state index contributed by atoms with van der Waals surface area (Å²) in [5, 5.41) is 17.5. The number of benzene rings is 1. The summed E-state index contributed by atoms with van der Waals surface area (Å²) in [4.78, 5) is 21.4. The molecule has 4 nitrogen and oxygen atoms in total. The molecule has 2 N–H and O–H groups in total. The van der Waals surface area contributed by atoms with Crippen LogP contribution in [-0.4, -0.2) is 22.2 Å². The molecule has 0 fully saturated rings. The van der Waals surface area contributed by atoms with Crippen LogP contribution in [0.3, 0.4) is 0 Å². The van der Waals surface area contributed by atoms with Crippen LogP contribution in [0.2, 0.25) is 0 Å². The molecule has 1 rings (SSSR count). The van der Waals surface area contributed by atoms with Crippen molar-refractivity contribution in [1.29, 1.82) is 0 Å². The molecule has 0 saturated heterocycles. The first-order valence-electron chi connectivity index (χ1n) is 5.18. The summed E-state index contributed by atoms with van der Waals surface area (Å²) in [6.07, 6.45) is 2.04. The lowest BCUT2D eigenvalue weighted by Crippen LogP contribution is -2.08. The molecule has 4 heteroatoms. The standard InChI is InChI=1S/C13H14O4/c1-2-3-9-4-5-10(7-12(14)15)11(6-9)8-13(16)17/h2,4-6H,1,3,7-8H2,(H,14,15)(H,16,17). The molecule has 17 heavy (non-hydrogen) atoms. The predicted molar refractivity (Wildman–Crippen MR) is 63.0 cm³/mol. The monoisotopic (exact) mass is 234 g/mol. The lowest BCUT2D eigenvalue weighted by molar-refractivity contribution is -0.137. The van der Waals surface area contributed by atoms with Gasteiger partial charge in [0.2, 0.25) is 0 Å². The van der Waals surface area contributed by atoms with E-state index >= 15 is 0 Å². The van der Waals surface area contributed by atoms with Crippen LogP contribution in [0.4, 0.5) is 0 Å². The smallest absolute Gasteiger partial charge is 0.307 e. The number of carboxylic acid groups (broad SMARTS) is 2. The van der Waals surface area contributed by atoms with E-state index in [1.54, 1.807) is 24.3 Å². The van der Waals surface area contributed by atoms with E-state index in [1.807, 2.05) is 0 Å². The van der Waals surface area contributed by atoms with Crippen molar-refractivity contribution < 1.29 is 19.8 Å². The predicted octanol–water partition coefficient (Wildman–Crippen LogP) is 1.67. The van der Waals surface area contributed by atoms with Crippen LogP contribution in [0.5, 0.6) is 0 Å². The Morgan fingerprint density at radius 3 is 2.24 bits per heavy atom. The van der Waals surface area contributed by atoms with Crippen LogP contribution in [-0.2, 0) is 28.9 Å². The second-order valence-corrected chi connectivity index (χ2v) is 3.74. The molecule has 0 amide bonds. The van der Waals surface area contributed by atoms with Crippen LogP contribution in [0.25, 0.3) is 0 Å². The van der Waals surface area contributed by atoms with Crippen LogP contribution in [0.1, 0.15) is 16.7 Å². The van der Waals surface area contributed by atoms with Gasteiger partial charge in [-0.3, -0.25) is 9.59 Å². The van der Waals surface area contributed by atoms with Crippen molar-refractivity contribution in [3.05, 3.63) is 47.5 Å². The number of carbonyl (C=O) groups is 2. The van der Waals surface area contributed by atoms with Gasteiger partial charge < -0.3 is 10.2 Å². The Hall–Kier alpha value is -2.10. The molecule has 0 heterocycles. The molecular weight excluding hydrogens is 220 g/mol. The topological polar surface area (TPSA) is 74.6 Å². The Labute approximate surface area is 99.2 Å². The van der Waals surface area contributed by atoms with Crippen LogP contribution in [0, 0.1) is 0 Å². The lowest BCUT2D eigenvalue weighted by atomic mass is 9.98. The van der Waals surface area contributed by atoms with Crippen molar-refractivity contribution in [2.24, 2.45) is 0 Å². The molecule has 0 aliphatic heterocycles. The van der Waals surface area contributed by atoms with E-state index in [0.717, 1.165) is 5.56 Å². The van der Waals surface area contributed by atoms with Crippen molar-refractivity contribution in [3.8, 4) is 0 Å². The summed E-state index contributed by atoms with van der Waals surface area (Å²) >= 11 is 0. The quantitative estimate of drug-likeness (QED) is 0.734.